The average Bonchev–Trinajstić information content (AvgIpc) is 3.22. The topological polar surface area (TPSA) is 32.8 Å². The summed E-state index contributed by atoms with van der Waals surface area (Å²) < 4.78 is 6.90. The molecule has 42 heavy (non-hydrogen) atoms. The van der Waals surface area contributed by atoms with E-state index >= 15 is 0 Å². The summed E-state index contributed by atoms with van der Waals surface area (Å²) in [6, 6.07) is 17.7. The van der Waals surface area contributed by atoms with Gasteiger partial charge in [-0.15, -0.1) is 0 Å². The number of benzene rings is 2. The van der Waals surface area contributed by atoms with Crippen molar-refractivity contribution in [2.45, 2.75) is 77.4 Å². The second kappa shape index (κ2) is 8.38. The summed E-state index contributed by atoms with van der Waals surface area (Å²) >= 11 is 0. The highest BCUT2D eigenvalue weighted by atomic mass is 16.5. The van der Waals surface area contributed by atoms with Crippen LogP contribution in [0.5, 0.6) is 0 Å². The Balaban J connectivity index is 1.16. The molecule has 0 aromatic heterocycles. The smallest absolute Gasteiger partial charge is 0.190 e. The largest absolute Gasteiger partial charge is 0.365 e. The van der Waals surface area contributed by atoms with E-state index in [1.165, 1.54) is 45.0 Å². The molecule has 214 valence electrons. The molecule has 1 fully saturated rings. The van der Waals surface area contributed by atoms with Gasteiger partial charge in [0.05, 0.1) is 12.2 Å². The summed E-state index contributed by atoms with van der Waals surface area (Å²) in [5, 5.41) is 0. The minimum Gasteiger partial charge on any atom is -0.365 e. The van der Waals surface area contributed by atoms with Gasteiger partial charge < -0.3 is 14.5 Å². The third-order valence-electron chi connectivity index (χ3n) is 11.6. The first-order valence-electron chi connectivity index (χ1n) is 16.1. The molecular formula is C38H40N2O2. The van der Waals surface area contributed by atoms with Gasteiger partial charge in [0.25, 0.3) is 0 Å². The Hall–Kier alpha value is -3.37. The maximum absolute atomic E-state index is 14.4. The van der Waals surface area contributed by atoms with Crippen molar-refractivity contribution in [2.75, 3.05) is 22.9 Å². The van der Waals surface area contributed by atoms with Gasteiger partial charge in [-0.05, 0) is 90.5 Å². The monoisotopic (exact) mass is 556 g/mol. The van der Waals surface area contributed by atoms with E-state index < -0.39 is 0 Å². The fourth-order valence-electron chi connectivity index (χ4n) is 9.79. The predicted octanol–water partition coefficient (Wildman–Crippen LogP) is 7.42. The van der Waals surface area contributed by atoms with E-state index in [-0.39, 0.29) is 28.8 Å². The van der Waals surface area contributed by atoms with Crippen LogP contribution in [0.15, 0.2) is 94.4 Å². The number of ketones is 1. The van der Waals surface area contributed by atoms with Gasteiger partial charge in [-0.2, -0.15) is 0 Å². The van der Waals surface area contributed by atoms with E-state index in [2.05, 4.69) is 98.2 Å². The molecular weight excluding hydrogens is 516 g/mol. The molecule has 0 bridgehead atoms. The molecule has 0 saturated carbocycles. The van der Waals surface area contributed by atoms with Gasteiger partial charge in [0.2, 0.25) is 0 Å². The third kappa shape index (κ3) is 3.25. The Kier molecular flexibility index (Phi) is 5.02. The lowest BCUT2D eigenvalue weighted by Gasteiger charge is -2.51. The average molecular weight is 557 g/mol. The molecule has 4 atom stereocenters. The quantitative estimate of drug-likeness (QED) is 0.338. The number of ether oxygens (including phenoxy) is 1. The first-order chi connectivity index (χ1) is 20.2. The molecule has 5 heterocycles. The molecule has 0 amide bonds. The van der Waals surface area contributed by atoms with E-state index in [9.17, 15) is 4.79 Å². The third-order valence-corrected chi connectivity index (χ3v) is 11.6. The minimum absolute atomic E-state index is 0.0196. The van der Waals surface area contributed by atoms with Crippen molar-refractivity contribution in [3.8, 4) is 0 Å². The van der Waals surface area contributed by atoms with Crippen LogP contribution < -0.4 is 9.80 Å². The number of hydrogen-bond donors (Lipinski definition) is 0. The molecule has 7 aliphatic rings. The van der Waals surface area contributed by atoms with Gasteiger partial charge in [-0.1, -0.05) is 64.1 Å². The van der Waals surface area contributed by atoms with Crippen molar-refractivity contribution in [2.24, 2.45) is 17.3 Å². The SMILES string of the molecule is CC1(C)Cc2ccccc2N2CC[C@@H]3C[C@@H]4OC5C[C@@H]6CCN7C(=C6C=C5C(=O)C4=CC3=C21)C(C)(C)c1ccccc17. The first-order valence-corrected chi connectivity index (χ1v) is 16.1. The Bertz CT molecular complexity index is 1700. The maximum Gasteiger partial charge on any atom is 0.190 e. The van der Waals surface area contributed by atoms with Crippen LogP contribution in [0.25, 0.3) is 0 Å². The van der Waals surface area contributed by atoms with Gasteiger partial charge in [0, 0.05) is 57.8 Å². The lowest BCUT2D eigenvalue weighted by atomic mass is 9.67. The lowest BCUT2D eigenvalue weighted by Crippen LogP contribution is -2.48. The molecule has 2 aromatic carbocycles. The molecule has 1 unspecified atom stereocenters. The second-order valence-electron chi connectivity index (χ2n) is 14.8. The zero-order valence-corrected chi connectivity index (χ0v) is 25.2. The van der Waals surface area contributed by atoms with E-state index in [0.29, 0.717) is 11.8 Å². The number of rotatable bonds is 0. The maximum atomic E-state index is 14.4. The number of fused-ring (bicyclic) bond motifs is 10. The highest BCUT2D eigenvalue weighted by Crippen LogP contribution is 2.56. The van der Waals surface area contributed by atoms with Crippen molar-refractivity contribution < 1.29 is 9.53 Å². The molecule has 4 heteroatoms. The molecule has 2 aliphatic carbocycles. The van der Waals surface area contributed by atoms with Crippen LogP contribution in [-0.4, -0.2) is 31.1 Å². The molecule has 9 rings (SSSR count). The van der Waals surface area contributed by atoms with Crippen LogP contribution in [0.2, 0.25) is 0 Å². The summed E-state index contributed by atoms with van der Waals surface area (Å²) in [7, 11) is 0. The number of Topliss-reactive ketones (excluding diaryl/α,β-unsaturated/α-hetero) is 1. The van der Waals surface area contributed by atoms with Crippen molar-refractivity contribution in [3.63, 3.8) is 0 Å². The predicted molar refractivity (Wildman–Crippen MR) is 167 cm³/mol. The van der Waals surface area contributed by atoms with E-state index in [0.717, 1.165) is 56.3 Å². The Morgan fingerprint density at radius 1 is 0.738 bits per heavy atom. The highest BCUT2D eigenvalue weighted by Gasteiger charge is 2.50. The second-order valence-corrected chi connectivity index (χ2v) is 14.8. The van der Waals surface area contributed by atoms with E-state index in [1.54, 1.807) is 0 Å². The number of carbonyl (C=O) groups excluding carboxylic acids is 1. The zero-order chi connectivity index (χ0) is 28.5. The minimum atomic E-state index is -0.0836. The van der Waals surface area contributed by atoms with Crippen LogP contribution in [0.1, 0.15) is 64.5 Å². The molecule has 0 radical (unpaired) electrons. The fourth-order valence-corrected chi connectivity index (χ4v) is 9.79. The Morgan fingerprint density at radius 3 is 2.00 bits per heavy atom. The number of allylic oxidation sites excluding steroid dienone is 6. The first kappa shape index (κ1) is 25.2. The lowest BCUT2D eigenvalue weighted by molar-refractivity contribution is -0.120. The van der Waals surface area contributed by atoms with Gasteiger partial charge in [0.1, 0.15) is 0 Å². The van der Waals surface area contributed by atoms with Gasteiger partial charge >= 0.3 is 0 Å². The van der Waals surface area contributed by atoms with Crippen molar-refractivity contribution in [1.29, 1.82) is 0 Å². The molecule has 4 nitrogen and oxygen atoms in total. The van der Waals surface area contributed by atoms with Crippen molar-refractivity contribution in [1.82, 2.24) is 0 Å². The molecule has 5 aliphatic heterocycles. The summed E-state index contributed by atoms with van der Waals surface area (Å²) in [6.07, 6.45) is 9.49. The van der Waals surface area contributed by atoms with Crippen LogP contribution in [-0.2, 0) is 21.4 Å². The van der Waals surface area contributed by atoms with Crippen LogP contribution in [0.3, 0.4) is 0 Å². The van der Waals surface area contributed by atoms with E-state index in [4.69, 9.17) is 4.74 Å². The van der Waals surface area contributed by atoms with Gasteiger partial charge in [-0.25, -0.2) is 0 Å². The number of para-hydroxylation sites is 2. The standard InChI is InChI=1S/C38H40N2O2/c1-37(2)21-24-9-5-7-11-30(24)39-15-13-22-17-32-27(19-25(22)35(37)39)34(41)28-20-26-23(18-33(28)42-32)14-16-40-31-12-8-6-10-29(31)38(3,4)36(26)40/h5-12,19-20,22-23,32-33H,13-18,21H2,1-4H3/t22-,23+,32+,33?/m1/s1. The van der Waals surface area contributed by atoms with Gasteiger partial charge in [0.15, 0.2) is 5.78 Å². The summed E-state index contributed by atoms with van der Waals surface area (Å²) in [5.74, 6) is 1.13. The zero-order valence-electron chi connectivity index (χ0n) is 25.2. The van der Waals surface area contributed by atoms with Crippen LogP contribution in [0.4, 0.5) is 11.4 Å². The molecule has 1 saturated heterocycles. The van der Waals surface area contributed by atoms with Crippen LogP contribution >= 0.6 is 0 Å². The Labute approximate surface area is 249 Å². The number of carbonyl (C=O) groups is 1. The number of hydrogen-bond acceptors (Lipinski definition) is 4. The summed E-state index contributed by atoms with van der Waals surface area (Å²) in [6.45, 7) is 11.6. The summed E-state index contributed by atoms with van der Waals surface area (Å²) in [5.41, 5.74) is 12.8. The molecule has 0 N–H and O–H groups in total. The fraction of sp³-hybridized carbons (Fsp3) is 0.447. The Morgan fingerprint density at radius 2 is 1.31 bits per heavy atom. The summed E-state index contributed by atoms with van der Waals surface area (Å²) in [4.78, 5) is 19.5. The van der Waals surface area contributed by atoms with Crippen molar-refractivity contribution in [3.05, 3.63) is 105 Å². The number of nitrogens with zero attached hydrogens (tertiary/aromatic N) is 2. The van der Waals surface area contributed by atoms with Gasteiger partial charge in [-0.3, -0.25) is 4.79 Å². The molecule has 0 spiro atoms. The van der Waals surface area contributed by atoms with E-state index in [1.807, 2.05) is 0 Å². The molecule has 2 aromatic rings. The normalized spacial score (nSPS) is 31.5. The van der Waals surface area contributed by atoms with Crippen LogP contribution in [0, 0.1) is 17.3 Å². The highest BCUT2D eigenvalue weighted by molar-refractivity contribution is 6.11. The van der Waals surface area contributed by atoms with Crippen molar-refractivity contribution >= 4 is 17.2 Å². The number of anilines is 2.